The minimum atomic E-state index is 0. The highest BCUT2D eigenvalue weighted by molar-refractivity contribution is 7.98. The average Bonchev–Trinajstić information content (AvgIpc) is 2.28. The Morgan fingerprint density at radius 1 is 1.50 bits per heavy atom. The Labute approximate surface area is 109 Å². The number of nitrogens with one attached hydrogen (secondary N) is 1. The largest absolute Gasteiger partial charge is 0.342 e. The van der Waals surface area contributed by atoms with Gasteiger partial charge in [0.1, 0.15) is 0 Å². The second kappa shape index (κ2) is 8.20. The van der Waals surface area contributed by atoms with Crippen molar-refractivity contribution in [3.8, 4) is 0 Å². The maximum atomic E-state index is 12.0. The number of halogens is 1. The molecule has 1 amide bonds. The molecule has 1 aliphatic heterocycles. The third kappa shape index (κ3) is 4.52. The molecule has 0 radical (unpaired) electrons. The molecule has 96 valence electrons. The van der Waals surface area contributed by atoms with Gasteiger partial charge < -0.3 is 10.2 Å². The van der Waals surface area contributed by atoms with Crippen LogP contribution in [0.2, 0.25) is 0 Å². The van der Waals surface area contributed by atoms with Crippen LogP contribution >= 0.6 is 24.2 Å². The number of hydrogen-bond acceptors (Lipinski definition) is 3. The zero-order valence-electron chi connectivity index (χ0n) is 10.4. The summed E-state index contributed by atoms with van der Waals surface area (Å²) in [5.41, 5.74) is 0. The van der Waals surface area contributed by atoms with Gasteiger partial charge in [0, 0.05) is 24.8 Å². The van der Waals surface area contributed by atoms with E-state index in [0.29, 0.717) is 11.9 Å². The van der Waals surface area contributed by atoms with E-state index in [1.807, 2.05) is 25.1 Å². The summed E-state index contributed by atoms with van der Waals surface area (Å²) >= 11 is 1.74. The fourth-order valence-corrected chi connectivity index (χ4v) is 2.69. The van der Waals surface area contributed by atoms with Gasteiger partial charge in [-0.25, -0.2) is 0 Å². The number of thioether (sulfide) groups is 1. The van der Waals surface area contributed by atoms with E-state index < -0.39 is 0 Å². The molecule has 0 bridgehead atoms. The van der Waals surface area contributed by atoms with Gasteiger partial charge >= 0.3 is 0 Å². The molecular formula is C11H23ClN2OS. The van der Waals surface area contributed by atoms with Crippen LogP contribution in [-0.2, 0) is 4.79 Å². The van der Waals surface area contributed by atoms with E-state index in [4.69, 9.17) is 0 Å². The van der Waals surface area contributed by atoms with E-state index >= 15 is 0 Å². The van der Waals surface area contributed by atoms with Crippen molar-refractivity contribution in [2.24, 2.45) is 5.92 Å². The number of hydrogen-bond donors (Lipinski definition) is 1. The number of rotatable bonds is 4. The molecule has 1 atom stereocenters. The lowest BCUT2D eigenvalue weighted by Gasteiger charge is -2.33. The summed E-state index contributed by atoms with van der Waals surface area (Å²) in [6.45, 7) is 4.11. The lowest BCUT2D eigenvalue weighted by molar-refractivity contribution is -0.135. The Morgan fingerprint density at radius 3 is 2.56 bits per heavy atom. The highest BCUT2D eigenvalue weighted by atomic mass is 35.5. The first-order chi connectivity index (χ1) is 7.16. The van der Waals surface area contributed by atoms with Gasteiger partial charge in [0.05, 0.1) is 0 Å². The molecule has 1 aliphatic rings. The smallest absolute Gasteiger partial charge is 0.226 e. The summed E-state index contributed by atoms with van der Waals surface area (Å²) in [6.07, 6.45) is 4.23. The van der Waals surface area contributed by atoms with Crippen LogP contribution in [0.15, 0.2) is 0 Å². The molecule has 1 heterocycles. The van der Waals surface area contributed by atoms with Gasteiger partial charge in [-0.05, 0) is 32.2 Å². The Hall–Kier alpha value is 0.0700. The maximum Gasteiger partial charge on any atom is 0.226 e. The second-order valence-corrected chi connectivity index (χ2v) is 5.20. The van der Waals surface area contributed by atoms with Gasteiger partial charge in [0.2, 0.25) is 5.91 Å². The van der Waals surface area contributed by atoms with E-state index in [2.05, 4.69) is 5.32 Å². The molecule has 0 aromatic rings. The van der Waals surface area contributed by atoms with Crippen molar-refractivity contribution in [2.75, 3.05) is 32.1 Å². The number of piperidine rings is 1. The minimum absolute atomic E-state index is 0. The minimum Gasteiger partial charge on any atom is -0.342 e. The molecule has 3 nitrogen and oxygen atoms in total. The van der Waals surface area contributed by atoms with Crippen molar-refractivity contribution in [3.63, 3.8) is 0 Å². The predicted molar refractivity (Wildman–Crippen MR) is 73.5 cm³/mol. The van der Waals surface area contributed by atoms with Crippen molar-refractivity contribution in [1.29, 1.82) is 0 Å². The summed E-state index contributed by atoms with van der Waals surface area (Å²) in [5, 5.41) is 3.32. The summed E-state index contributed by atoms with van der Waals surface area (Å²) in [6, 6.07) is 0.447. The van der Waals surface area contributed by atoms with Crippen molar-refractivity contribution in [3.05, 3.63) is 0 Å². The molecule has 0 aliphatic carbocycles. The summed E-state index contributed by atoms with van der Waals surface area (Å²) < 4.78 is 0. The third-order valence-corrected chi connectivity index (χ3v) is 3.88. The fraction of sp³-hybridized carbons (Fsp3) is 0.909. The topological polar surface area (TPSA) is 32.3 Å². The molecule has 0 spiro atoms. The summed E-state index contributed by atoms with van der Waals surface area (Å²) in [5.74, 6) is 1.38. The summed E-state index contributed by atoms with van der Waals surface area (Å²) in [7, 11) is 1.95. The van der Waals surface area contributed by atoms with E-state index in [-0.39, 0.29) is 18.3 Å². The molecule has 0 saturated carbocycles. The average molecular weight is 267 g/mol. The van der Waals surface area contributed by atoms with Gasteiger partial charge in [0.15, 0.2) is 0 Å². The third-order valence-electron chi connectivity index (χ3n) is 3.04. The molecule has 1 unspecified atom stereocenters. The van der Waals surface area contributed by atoms with Crippen molar-refractivity contribution in [1.82, 2.24) is 10.2 Å². The first-order valence-corrected chi connectivity index (χ1v) is 7.02. The first kappa shape index (κ1) is 16.1. The molecule has 0 aromatic carbocycles. The fourth-order valence-electron chi connectivity index (χ4n) is 2.04. The van der Waals surface area contributed by atoms with E-state index in [9.17, 15) is 4.79 Å². The number of carbonyl (C=O) groups excluding carboxylic acids is 1. The highest BCUT2D eigenvalue weighted by Gasteiger charge is 2.24. The second-order valence-electron chi connectivity index (χ2n) is 4.29. The molecular weight excluding hydrogens is 244 g/mol. The Balaban J connectivity index is 0.00000225. The van der Waals surface area contributed by atoms with Crippen LogP contribution in [0.25, 0.3) is 0 Å². The maximum absolute atomic E-state index is 12.0. The Kier molecular flexibility index (Phi) is 8.24. The van der Waals surface area contributed by atoms with Crippen LogP contribution in [0.5, 0.6) is 0 Å². The molecule has 0 aromatic heterocycles. The quantitative estimate of drug-likeness (QED) is 0.839. The monoisotopic (exact) mass is 266 g/mol. The highest BCUT2D eigenvalue weighted by Crippen LogP contribution is 2.15. The van der Waals surface area contributed by atoms with Crippen molar-refractivity contribution < 1.29 is 4.79 Å². The molecule has 16 heavy (non-hydrogen) atoms. The van der Waals surface area contributed by atoms with Crippen LogP contribution in [0.3, 0.4) is 0 Å². The van der Waals surface area contributed by atoms with Gasteiger partial charge in [-0.15, -0.1) is 12.4 Å². The van der Waals surface area contributed by atoms with Gasteiger partial charge in [-0.1, -0.05) is 6.92 Å². The number of nitrogens with zero attached hydrogens (tertiary/aromatic N) is 1. The summed E-state index contributed by atoms with van der Waals surface area (Å²) in [4.78, 5) is 14.0. The van der Waals surface area contributed by atoms with E-state index in [1.54, 1.807) is 11.8 Å². The van der Waals surface area contributed by atoms with E-state index in [0.717, 1.165) is 31.7 Å². The normalized spacial score (nSPS) is 18.7. The SMILES string of the molecule is CSCC(C)C(=O)N(C)C1CCNCC1.Cl. The molecule has 5 heteroatoms. The number of carbonyl (C=O) groups is 1. The number of amides is 1. The standard InChI is InChI=1S/C11H22N2OS.ClH/c1-9(8-15-3)11(14)13(2)10-4-6-12-7-5-10;/h9-10,12H,4-8H2,1-3H3;1H. The van der Waals surface area contributed by atoms with Crippen LogP contribution in [0, 0.1) is 5.92 Å². The van der Waals surface area contributed by atoms with Gasteiger partial charge in [0.25, 0.3) is 0 Å². The van der Waals surface area contributed by atoms with Crippen LogP contribution in [-0.4, -0.2) is 49.0 Å². The van der Waals surface area contributed by atoms with Crippen LogP contribution in [0.1, 0.15) is 19.8 Å². The first-order valence-electron chi connectivity index (χ1n) is 5.63. The van der Waals surface area contributed by atoms with Crippen LogP contribution in [0.4, 0.5) is 0 Å². The van der Waals surface area contributed by atoms with Gasteiger partial charge in [-0.3, -0.25) is 4.79 Å². The molecule has 1 N–H and O–H groups in total. The molecule has 1 saturated heterocycles. The lowest BCUT2D eigenvalue weighted by Crippen LogP contribution is -2.46. The van der Waals surface area contributed by atoms with Gasteiger partial charge in [-0.2, -0.15) is 11.8 Å². The Bertz CT molecular complexity index is 210. The van der Waals surface area contributed by atoms with E-state index in [1.165, 1.54) is 0 Å². The van der Waals surface area contributed by atoms with Crippen LogP contribution < -0.4 is 5.32 Å². The lowest BCUT2D eigenvalue weighted by atomic mass is 10.0. The zero-order valence-corrected chi connectivity index (χ0v) is 12.0. The van der Waals surface area contributed by atoms with Crippen molar-refractivity contribution in [2.45, 2.75) is 25.8 Å². The predicted octanol–water partition coefficient (Wildman–Crippen LogP) is 1.62. The Morgan fingerprint density at radius 2 is 2.06 bits per heavy atom. The van der Waals surface area contributed by atoms with Crippen molar-refractivity contribution >= 4 is 30.1 Å². The molecule has 1 rings (SSSR count). The molecule has 1 fully saturated rings. The zero-order chi connectivity index (χ0) is 11.3.